The zero-order chi connectivity index (χ0) is 8.81. The number of hydrazine groups is 1. The Kier molecular flexibility index (Phi) is 4.11. The number of hydrogen-bond donors (Lipinski definition) is 2. The summed E-state index contributed by atoms with van der Waals surface area (Å²) in [5, 5.41) is 0. The van der Waals surface area contributed by atoms with E-state index in [0.29, 0.717) is 6.04 Å². The lowest BCUT2D eigenvalue weighted by atomic mass is 9.99. The first-order chi connectivity index (χ1) is 5.88. The van der Waals surface area contributed by atoms with Crippen molar-refractivity contribution in [1.82, 2.24) is 5.43 Å². The van der Waals surface area contributed by atoms with Crippen molar-refractivity contribution in [1.29, 1.82) is 0 Å². The minimum Gasteiger partial charge on any atom is -0.501 e. The molecule has 12 heavy (non-hydrogen) atoms. The van der Waals surface area contributed by atoms with Crippen molar-refractivity contribution in [3.05, 3.63) is 11.8 Å². The predicted molar refractivity (Wildman–Crippen MR) is 49.3 cm³/mol. The van der Waals surface area contributed by atoms with Gasteiger partial charge < -0.3 is 4.74 Å². The predicted octanol–water partition coefficient (Wildman–Crippen LogP) is 1.31. The average Bonchev–Trinajstić information content (AvgIpc) is 2.15. The molecule has 0 amide bonds. The molecule has 1 atom stereocenters. The van der Waals surface area contributed by atoms with E-state index in [1.165, 1.54) is 5.57 Å². The maximum Gasteiger partial charge on any atom is 0.0876 e. The Labute approximate surface area is 73.9 Å². The number of rotatable bonds is 4. The van der Waals surface area contributed by atoms with Gasteiger partial charge in [-0.2, -0.15) is 0 Å². The van der Waals surface area contributed by atoms with Gasteiger partial charge in [-0.1, -0.05) is 13.3 Å². The van der Waals surface area contributed by atoms with Gasteiger partial charge in [-0.05, 0) is 24.8 Å². The van der Waals surface area contributed by atoms with E-state index in [9.17, 15) is 0 Å². The van der Waals surface area contributed by atoms with Crippen molar-refractivity contribution in [2.45, 2.75) is 38.6 Å². The second kappa shape index (κ2) is 5.17. The molecule has 0 bridgehead atoms. The van der Waals surface area contributed by atoms with Crippen LogP contribution in [0.2, 0.25) is 0 Å². The van der Waals surface area contributed by atoms with Gasteiger partial charge in [0.2, 0.25) is 0 Å². The van der Waals surface area contributed by atoms with E-state index >= 15 is 0 Å². The minimum atomic E-state index is 0.315. The summed E-state index contributed by atoms with van der Waals surface area (Å²) < 4.78 is 5.25. The van der Waals surface area contributed by atoms with Gasteiger partial charge in [0.1, 0.15) is 0 Å². The fourth-order valence-electron chi connectivity index (χ4n) is 1.51. The summed E-state index contributed by atoms with van der Waals surface area (Å²) in [6, 6.07) is 0.315. The number of nitrogens with one attached hydrogen (secondary N) is 1. The summed E-state index contributed by atoms with van der Waals surface area (Å²) in [4.78, 5) is 0. The molecule has 1 unspecified atom stereocenters. The Hall–Kier alpha value is -0.540. The molecule has 1 heterocycles. The van der Waals surface area contributed by atoms with Crippen LogP contribution in [-0.2, 0) is 4.74 Å². The maximum atomic E-state index is 5.44. The second-order valence-corrected chi connectivity index (χ2v) is 3.18. The molecule has 0 aromatic rings. The molecule has 0 saturated carbocycles. The van der Waals surface area contributed by atoms with E-state index in [1.807, 2.05) is 6.26 Å². The highest BCUT2D eigenvalue weighted by Crippen LogP contribution is 2.17. The summed E-state index contributed by atoms with van der Waals surface area (Å²) in [6.45, 7) is 3.02. The fourth-order valence-corrected chi connectivity index (χ4v) is 1.51. The number of ether oxygens (including phenoxy) is 1. The van der Waals surface area contributed by atoms with Crippen molar-refractivity contribution < 1.29 is 4.74 Å². The molecule has 1 aliphatic heterocycles. The lowest BCUT2D eigenvalue weighted by Crippen LogP contribution is -2.37. The maximum absolute atomic E-state index is 5.44. The van der Waals surface area contributed by atoms with Gasteiger partial charge >= 0.3 is 0 Å². The SMILES string of the molecule is CCCC(NN)C1=COCCC1. The lowest BCUT2D eigenvalue weighted by molar-refractivity contribution is 0.218. The van der Waals surface area contributed by atoms with E-state index in [2.05, 4.69) is 12.3 Å². The van der Waals surface area contributed by atoms with Crippen molar-refractivity contribution >= 4 is 0 Å². The molecule has 1 rings (SSSR count). The molecule has 0 aromatic heterocycles. The third kappa shape index (κ3) is 2.50. The molecule has 0 aliphatic carbocycles. The van der Waals surface area contributed by atoms with Gasteiger partial charge in [0.15, 0.2) is 0 Å². The van der Waals surface area contributed by atoms with Crippen molar-refractivity contribution in [2.24, 2.45) is 5.84 Å². The highest BCUT2D eigenvalue weighted by molar-refractivity contribution is 5.09. The van der Waals surface area contributed by atoms with Gasteiger partial charge in [0, 0.05) is 6.04 Å². The molecular formula is C9H18N2O. The number of hydrogen-bond acceptors (Lipinski definition) is 3. The van der Waals surface area contributed by atoms with Gasteiger partial charge in [0.05, 0.1) is 12.9 Å². The Morgan fingerprint density at radius 2 is 2.58 bits per heavy atom. The molecule has 0 radical (unpaired) electrons. The van der Waals surface area contributed by atoms with Crippen molar-refractivity contribution in [3.8, 4) is 0 Å². The summed E-state index contributed by atoms with van der Waals surface area (Å²) in [6.07, 6.45) is 6.34. The molecule has 0 fully saturated rings. The van der Waals surface area contributed by atoms with Gasteiger partial charge in [-0.3, -0.25) is 11.3 Å². The van der Waals surface area contributed by atoms with E-state index < -0.39 is 0 Å². The summed E-state index contributed by atoms with van der Waals surface area (Å²) in [5.41, 5.74) is 4.14. The summed E-state index contributed by atoms with van der Waals surface area (Å²) in [7, 11) is 0. The molecule has 3 nitrogen and oxygen atoms in total. The molecular weight excluding hydrogens is 152 g/mol. The van der Waals surface area contributed by atoms with Crippen LogP contribution in [0.15, 0.2) is 11.8 Å². The van der Waals surface area contributed by atoms with Gasteiger partial charge in [-0.15, -0.1) is 0 Å². The van der Waals surface area contributed by atoms with Crippen LogP contribution in [0.1, 0.15) is 32.6 Å². The van der Waals surface area contributed by atoms with Gasteiger partial charge in [-0.25, -0.2) is 0 Å². The Bertz CT molecular complexity index is 157. The second-order valence-electron chi connectivity index (χ2n) is 3.18. The van der Waals surface area contributed by atoms with E-state index in [-0.39, 0.29) is 0 Å². The molecule has 1 aliphatic rings. The molecule has 0 aromatic carbocycles. The first-order valence-electron chi connectivity index (χ1n) is 4.65. The lowest BCUT2D eigenvalue weighted by Gasteiger charge is -2.21. The number of nitrogens with two attached hydrogens (primary N) is 1. The molecule has 0 saturated heterocycles. The Morgan fingerprint density at radius 1 is 1.75 bits per heavy atom. The summed E-state index contributed by atoms with van der Waals surface area (Å²) >= 11 is 0. The first-order valence-corrected chi connectivity index (χ1v) is 4.65. The van der Waals surface area contributed by atoms with Crippen LogP contribution in [0.25, 0.3) is 0 Å². The topological polar surface area (TPSA) is 47.3 Å². The fraction of sp³-hybridized carbons (Fsp3) is 0.778. The molecule has 3 N–H and O–H groups in total. The first kappa shape index (κ1) is 9.55. The highest BCUT2D eigenvalue weighted by Gasteiger charge is 2.14. The molecule has 70 valence electrons. The van der Waals surface area contributed by atoms with Crippen LogP contribution in [-0.4, -0.2) is 12.6 Å². The average molecular weight is 170 g/mol. The van der Waals surface area contributed by atoms with Gasteiger partial charge in [0.25, 0.3) is 0 Å². The van der Waals surface area contributed by atoms with Crippen LogP contribution in [0, 0.1) is 0 Å². The molecule has 0 spiro atoms. The minimum absolute atomic E-state index is 0.315. The van der Waals surface area contributed by atoms with E-state index in [4.69, 9.17) is 10.6 Å². The van der Waals surface area contributed by atoms with Crippen molar-refractivity contribution in [3.63, 3.8) is 0 Å². The third-order valence-corrected chi connectivity index (χ3v) is 2.19. The summed E-state index contributed by atoms with van der Waals surface area (Å²) in [5.74, 6) is 5.44. The Morgan fingerprint density at radius 3 is 3.08 bits per heavy atom. The van der Waals surface area contributed by atoms with Crippen LogP contribution in [0.4, 0.5) is 0 Å². The van der Waals surface area contributed by atoms with E-state index in [1.54, 1.807) is 0 Å². The smallest absolute Gasteiger partial charge is 0.0876 e. The van der Waals surface area contributed by atoms with Crippen LogP contribution in [0.3, 0.4) is 0 Å². The monoisotopic (exact) mass is 170 g/mol. The Balaban J connectivity index is 2.45. The van der Waals surface area contributed by atoms with Crippen LogP contribution >= 0.6 is 0 Å². The largest absolute Gasteiger partial charge is 0.501 e. The van der Waals surface area contributed by atoms with Crippen LogP contribution < -0.4 is 11.3 Å². The van der Waals surface area contributed by atoms with E-state index in [0.717, 1.165) is 32.3 Å². The highest BCUT2D eigenvalue weighted by atomic mass is 16.5. The third-order valence-electron chi connectivity index (χ3n) is 2.19. The quantitative estimate of drug-likeness (QED) is 0.494. The zero-order valence-corrected chi connectivity index (χ0v) is 7.68. The van der Waals surface area contributed by atoms with Crippen molar-refractivity contribution in [2.75, 3.05) is 6.61 Å². The normalized spacial score (nSPS) is 19.7. The van der Waals surface area contributed by atoms with Crippen LogP contribution in [0.5, 0.6) is 0 Å². The molecule has 3 heteroatoms. The zero-order valence-electron chi connectivity index (χ0n) is 7.68. The standard InChI is InChI=1S/C9H18N2O/c1-2-4-9(11-10)8-5-3-6-12-7-8/h7,9,11H,2-6,10H2,1H3.